The molecule has 0 amide bonds. The zero-order valence-electron chi connectivity index (χ0n) is 5.54. The summed E-state index contributed by atoms with van der Waals surface area (Å²) < 4.78 is 0. The zero-order valence-corrected chi connectivity index (χ0v) is 7.11. The Morgan fingerprint density at radius 1 is 1.40 bits per heavy atom. The maximum atomic E-state index is 5.48. The molecule has 0 fully saturated rings. The summed E-state index contributed by atoms with van der Waals surface area (Å²) in [6.45, 7) is 1.89. The van der Waals surface area contributed by atoms with Gasteiger partial charge in [-0.25, -0.2) is 0 Å². The maximum absolute atomic E-state index is 5.48. The highest BCUT2D eigenvalue weighted by Gasteiger charge is 1.89. The molecule has 0 saturated carbocycles. The number of aryl methyl sites for hydroxylation is 1. The summed E-state index contributed by atoms with van der Waals surface area (Å²) in [6, 6.07) is 3.76. The van der Waals surface area contributed by atoms with Crippen LogP contribution < -0.4 is 0 Å². The van der Waals surface area contributed by atoms with Crippen LogP contribution in [-0.4, -0.2) is 10.2 Å². The van der Waals surface area contributed by atoms with Crippen molar-refractivity contribution in [1.82, 2.24) is 10.2 Å². The molecule has 56 valence electrons. The van der Waals surface area contributed by atoms with Crippen molar-refractivity contribution < 1.29 is 0 Å². The second-order valence-corrected chi connectivity index (χ2v) is 2.07. The van der Waals surface area contributed by atoms with Crippen LogP contribution in [-0.2, 0) is 5.88 Å². The van der Waals surface area contributed by atoms with Gasteiger partial charge in [0.15, 0.2) is 0 Å². The molecular weight excluding hydrogens is 171 g/mol. The SMILES string of the molecule is Cc1ccc(CCl)nn1.Cl. The van der Waals surface area contributed by atoms with Crippen LogP contribution in [0, 0.1) is 6.92 Å². The van der Waals surface area contributed by atoms with E-state index in [9.17, 15) is 0 Å². The maximum Gasteiger partial charge on any atom is 0.0778 e. The molecule has 1 aromatic heterocycles. The lowest BCUT2D eigenvalue weighted by Crippen LogP contribution is -1.89. The zero-order chi connectivity index (χ0) is 6.69. The number of hydrogen-bond donors (Lipinski definition) is 0. The van der Waals surface area contributed by atoms with Gasteiger partial charge in [0.25, 0.3) is 0 Å². The summed E-state index contributed by atoms with van der Waals surface area (Å²) in [5, 5.41) is 7.63. The number of aromatic nitrogens is 2. The first kappa shape index (κ1) is 9.66. The lowest BCUT2D eigenvalue weighted by molar-refractivity contribution is 0.932. The highest BCUT2D eigenvalue weighted by Crippen LogP contribution is 1.97. The quantitative estimate of drug-likeness (QED) is 0.615. The molecule has 0 bridgehead atoms. The first-order valence-corrected chi connectivity index (χ1v) is 3.21. The van der Waals surface area contributed by atoms with Gasteiger partial charge in [0.1, 0.15) is 0 Å². The topological polar surface area (TPSA) is 25.8 Å². The van der Waals surface area contributed by atoms with Crippen LogP contribution in [0.25, 0.3) is 0 Å². The molecule has 4 heteroatoms. The highest BCUT2D eigenvalue weighted by atomic mass is 35.5. The summed E-state index contributed by atoms with van der Waals surface area (Å²) in [4.78, 5) is 0. The van der Waals surface area contributed by atoms with Gasteiger partial charge in [-0.05, 0) is 19.1 Å². The summed E-state index contributed by atoms with van der Waals surface area (Å²) >= 11 is 5.48. The number of nitrogens with zero attached hydrogens (tertiary/aromatic N) is 2. The van der Waals surface area contributed by atoms with Crippen molar-refractivity contribution in [3.63, 3.8) is 0 Å². The molecule has 1 aromatic rings. The molecule has 0 aliphatic carbocycles. The third-order valence-electron chi connectivity index (χ3n) is 0.990. The third kappa shape index (κ3) is 2.50. The molecule has 0 aliphatic rings. The van der Waals surface area contributed by atoms with Crippen molar-refractivity contribution in [2.45, 2.75) is 12.8 Å². The van der Waals surface area contributed by atoms with Gasteiger partial charge in [0.2, 0.25) is 0 Å². The van der Waals surface area contributed by atoms with Crippen LogP contribution in [0.1, 0.15) is 11.4 Å². The van der Waals surface area contributed by atoms with E-state index in [-0.39, 0.29) is 12.4 Å². The molecular formula is C6H8Cl2N2. The highest BCUT2D eigenvalue weighted by molar-refractivity contribution is 6.16. The number of halogens is 2. The molecule has 0 radical (unpaired) electrons. The van der Waals surface area contributed by atoms with Gasteiger partial charge in [-0.1, -0.05) is 0 Å². The summed E-state index contributed by atoms with van der Waals surface area (Å²) in [5.41, 5.74) is 1.74. The summed E-state index contributed by atoms with van der Waals surface area (Å²) in [7, 11) is 0. The van der Waals surface area contributed by atoms with E-state index in [1.807, 2.05) is 19.1 Å². The van der Waals surface area contributed by atoms with Crippen molar-refractivity contribution in [2.24, 2.45) is 0 Å². The molecule has 1 rings (SSSR count). The van der Waals surface area contributed by atoms with E-state index in [1.54, 1.807) is 0 Å². The third-order valence-corrected chi connectivity index (χ3v) is 1.26. The molecule has 2 nitrogen and oxygen atoms in total. The normalized spacial score (nSPS) is 8.60. The largest absolute Gasteiger partial charge is 0.156 e. The van der Waals surface area contributed by atoms with Gasteiger partial charge in [-0.15, -0.1) is 24.0 Å². The predicted molar refractivity (Wildman–Crippen MR) is 43.6 cm³/mol. The van der Waals surface area contributed by atoms with Gasteiger partial charge >= 0.3 is 0 Å². The predicted octanol–water partition coefficient (Wildman–Crippen LogP) is 1.95. The fourth-order valence-electron chi connectivity index (χ4n) is 0.498. The number of hydrogen-bond acceptors (Lipinski definition) is 2. The monoisotopic (exact) mass is 178 g/mol. The van der Waals surface area contributed by atoms with Crippen molar-refractivity contribution in [3.05, 3.63) is 23.5 Å². The van der Waals surface area contributed by atoms with Crippen molar-refractivity contribution in [2.75, 3.05) is 0 Å². The molecule has 0 aliphatic heterocycles. The Labute approximate surface area is 71.0 Å². The van der Waals surface area contributed by atoms with Gasteiger partial charge < -0.3 is 0 Å². The standard InChI is InChI=1S/C6H7ClN2.ClH/c1-5-2-3-6(4-7)9-8-5;/h2-3H,4H2,1H3;1H. The van der Waals surface area contributed by atoms with E-state index in [0.717, 1.165) is 11.4 Å². The first-order valence-electron chi connectivity index (χ1n) is 2.68. The Balaban J connectivity index is 0.000000810. The Morgan fingerprint density at radius 3 is 2.50 bits per heavy atom. The second kappa shape index (κ2) is 4.47. The van der Waals surface area contributed by atoms with Crippen LogP contribution in [0.4, 0.5) is 0 Å². The molecule has 1 heterocycles. The van der Waals surface area contributed by atoms with E-state index >= 15 is 0 Å². The van der Waals surface area contributed by atoms with Gasteiger partial charge in [-0.2, -0.15) is 10.2 Å². The lowest BCUT2D eigenvalue weighted by Gasteiger charge is -1.90. The first-order chi connectivity index (χ1) is 4.33. The molecule has 0 aromatic carbocycles. The van der Waals surface area contributed by atoms with Crippen molar-refractivity contribution in [1.29, 1.82) is 0 Å². The summed E-state index contributed by atoms with van der Waals surface area (Å²) in [6.07, 6.45) is 0. The van der Waals surface area contributed by atoms with Gasteiger partial charge in [-0.3, -0.25) is 0 Å². The Hall–Kier alpha value is -0.340. The molecule has 0 spiro atoms. The fourth-order valence-corrected chi connectivity index (χ4v) is 0.640. The minimum Gasteiger partial charge on any atom is -0.156 e. The van der Waals surface area contributed by atoms with Crippen LogP contribution in [0.15, 0.2) is 12.1 Å². The minimum atomic E-state index is 0. The lowest BCUT2D eigenvalue weighted by atomic mass is 10.4. The smallest absolute Gasteiger partial charge is 0.0778 e. The van der Waals surface area contributed by atoms with Crippen LogP contribution in [0.2, 0.25) is 0 Å². The van der Waals surface area contributed by atoms with E-state index in [1.165, 1.54) is 0 Å². The molecule has 0 unspecified atom stereocenters. The summed E-state index contributed by atoms with van der Waals surface area (Å²) in [5.74, 6) is 0.438. The Kier molecular flexibility index (Phi) is 4.32. The van der Waals surface area contributed by atoms with E-state index < -0.39 is 0 Å². The van der Waals surface area contributed by atoms with Gasteiger partial charge in [0.05, 0.1) is 17.3 Å². The van der Waals surface area contributed by atoms with Crippen LogP contribution in [0.3, 0.4) is 0 Å². The van der Waals surface area contributed by atoms with E-state index in [2.05, 4.69) is 10.2 Å². The van der Waals surface area contributed by atoms with Gasteiger partial charge in [0, 0.05) is 0 Å². The Bertz CT molecular complexity index is 185. The van der Waals surface area contributed by atoms with Crippen molar-refractivity contribution >= 4 is 24.0 Å². The van der Waals surface area contributed by atoms with E-state index in [0.29, 0.717) is 5.88 Å². The van der Waals surface area contributed by atoms with E-state index in [4.69, 9.17) is 11.6 Å². The average Bonchev–Trinajstić information content (AvgIpc) is 1.90. The number of rotatable bonds is 1. The van der Waals surface area contributed by atoms with Crippen LogP contribution in [0.5, 0.6) is 0 Å². The molecule has 0 N–H and O–H groups in total. The molecule has 0 saturated heterocycles. The fraction of sp³-hybridized carbons (Fsp3) is 0.333. The average molecular weight is 179 g/mol. The second-order valence-electron chi connectivity index (χ2n) is 1.80. The van der Waals surface area contributed by atoms with Crippen molar-refractivity contribution in [3.8, 4) is 0 Å². The number of alkyl halides is 1. The molecule has 0 atom stereocenters. The Morgan fingerprint density at radius 2 is 2.10 bits per heavy atom. The molecule has 10 heavy (non-hydrogen) atoms. The van der Waals surface area contributed by atoms with Crippen LogP contribution >= 0.6 is 24.0 Å². The minimum absolute atomic E-state index is 0.